The van der Waals surface area contributed by atoms with Crippen LogP contribution >= 0.6 is 15.9 Å². The molecule has 0 saturated carbocycles. The standard InChI is InChI=1S/C25H23BrN2O2/c1-14(2)20-10-5-15(3)11-22(20)30-19-8-6-18(7-9-19)27-24-21-13-17(26)12-16(4)23(21)28-25(24)29/h5-14H,1-4H3,(H,27,28,29). The molecule has 0 unspecified atom stereocenters. The summed E-state index contributed by atoms with van der Waals surface area (Å²) in [6.07, 6.45) is 0. The van der Waals surface area contributed by atoms with Gasteiger partial charge in [-0.25, -0.2) is 4.99 Å². The van der Waals surface area contributed by atoms with Gasteiger partial charge in [0.25, 0.3) is 5.91 Å². The first-order chi connectivity index (χ1) is 14.3. The molecule has 0 fully saturated rings. The molecule has 152 valence electrons. The first kappa shape index (κ1) is 20.4. The van der Waals surface area contributed by atoms with E-state index in [4.69, 9.17) is 4.74 Å². The van der Waals surface area contributed by atoms with Gasteiger partial charge in [0.15, 0.2) is 0 Å². The molecule has 1 heterocycles. The van der Waals surface area contributed by atoms with Gasteiger partial charge in [0.05, 0.1) is 11.4 Å². The number of nitrogens with one attached hydrogen (secondary N) is 1. The van der Waals surface area contributed by atoms with Crippen LogP contribution in [0.4, 0.5) is 11.4 Å². The lowest BCUT2D eigenvalue weighted by Gasteiger charge is -2.14. The smallest absolute Gasteiger partial charge is 0.275 e. The van der Waals surface area contributed by atoms with Gasteiger partial charge in [-0.2, -0.15) is 0 Å². The fourth-order valence-corrected chi connectivity index (χ4v) is 4.13. The Balaban J connectivity index is 1.62. The molecule has 0 atom stereocenters. The van der Waals surface area contributed by atoms with Crippen LogP contribution in [0.25, 0.3) is 0 Å². The number of benzene rings is 3. The molecule has 0 bridgehead atoms. The molecule has 30 heavy (non-hydrogen) atoms. The predicted octanol–water partition coefficient (Wildman–Crippen LogP) is 7.05. The normalized spacial score (nSPS) is 14.2. The highest BCUT2D eigenvalue weighted by Crippen LogP contribution is 2.34. The average Bonchev–Trinajstić information content (AvgIpc) is 2.99. The molecule has 1 N–H and O–H groups in total. The van der Waals surface area contributed by atoms with Crippen molar-refractivity contribution in [1.29, 1.82) is 0 Å². The molecule has 0 radical (unpaired) electrons. The Morgan fingerprint density at radius 3 is 2.43 bits per heavy atom. The van der Waals surface area contributed by atoms with E-state index in [-0.39, 0.29) is 5.91 Å². The summed E-state index contributed by atoms with van der Waals surface area (Å²) >= 11 is 3.50. The molecule has 0 aliphatic carbocycles. The molecule has 1 aliphatic rings. The van der Waals surface area contributed by atoms with Gasteiger partial charge < -0.3 is 10.1 Å². The summed E-state index contributed by atoms with van der Waals surface area (Å²) in [6.45, 7) is 8.33. The van der Waals surface area contributed by atoms with Crippen LogP contribution < -0.4 is 10.1 Å². The van der Waals surface area contributed by atoms with Gasteiger partial charge >= 0.3 is 0 Å². The number of carbonyl (C=O) groups excluding carboxylic acids is 1. The lowest BCUT2D eigenvalue weighted by Crippen LogP contribution is -2.13. The number of aryl methyl sites for hydroxylation is 2. The lowest BCUT2D eigenvalue weighted by atomic mass is 10.0. The molecule has 0 aromatic heterocycles. The van der Waals surface area contributed by atoms with Crippen molar-refractivity contribution in [3.8, 4) is 11.5 Å². The van der Waals surface area contributed by atoms with E-state index in [1.54, 1.807) is 0 Å². The Bertz CT molecular complexity index is 1160. The molecular formula is C25H23BrN2O2. The van der Waals surface area contributed by atoms with E-state index >= 15 is 0 Å². The van der Waals surface area contributed by atoms with E-state index < -0.39 is 0 Å². The number of amides is 1. The van der Waals surface area contributed by atoms with E-state index in [1.165, 1.54) is 5.56 Å². The summed E-state index contributed by atoms with van der Waals surface area (Å²) in [5.74, 6) is 1.79. The highest BCUT2D eigenvalue weighted by Gasteiger charge is 2.27. The Morgan fingerprint density at radius 2 is 1.73 bits per heavy atom. The minimum absolute atomic E-state index is 0.187. The molecule has 1 amide bonds. The van der Waals surface area contributed by atoms with Crippen LogP contribution in [0.15, 0.2) is 64.1 Å². The molecule has 3 aromatic rings. The van der Waals surface area contributed by atoms with Crippen molar-refractivity contribution in [3.63, 3.8) is 0 Å². The maximum absolute atomic E-state index is 12.5. The van der Waals surface area contributed by atoms with Gasteiger partial charge in [-0.3, -0.25) is 4.79 Å². The number of halogens is 1. The monoisotopic (exact) mass is 462 g/mol. The first-order valence-electron chi connectivity index (χ1n) is 9.91. The number of fused-ring (bicyclic) bond motifs is 1. The zero-order valence-corrected chi connectivity index (χ0v) is 19.0. The Morgan fingerprint density at radius 1 is 1.00 bits per heavy atom. The van der Waals surface area contributed by atoms with E-state index in [0.717, 1.165) is 38.3 Å². The number of ether oxygens (including phenoxy) is 1. The highest BCUT2D eigenvalue weighted by molar-refractivity contribution is 9.10. The topological polar surface area (TPSA) is 50.7 Å². The van der Waals surface area contributed by atoms with Gasteiger partial charge in [0.2, 0.25) is 0 Å². The van der Waals surface area contributed by atoms with Crippen LogP contribution in [-0.4, -0.2) is 11.6 Å². The summed E-state index contributed by atoms with van der Waals surface area (Å²) in [7, 11) is 0. The predicted molar refractivity (Wildman–Crippen MR) is 125 cm³/mol. The molecule has 4 rings (SSSR count). The summed E-state index contributed by atoms with van der Waals surface area (Å²) in [6, 6.07) is 17.7. The first-order valence-corrected chi connectivity index (χ1v) is 10.7. The number of hydrogen-bond acceptors (Lipinski definition) is 3. The van der Waals surface area contributed by atoms with Crippen molar-refractivity contribution in [1.82, 2.24) is 0 Å². The zero-order valence-electron chi connectivity index (χ0n) is 17.4. The van der Waals surface area contributed by atoms with E-state index in [0.29, 0.717) is 17.3 Å². The quantitative estimate of drug-likeness (QED) is 0.451. The molecule has 3 aromatic carbocycles. The van der Waals surface area contributed by atoms with Crippen molar-refractivity contribution in [2.75, 3.05) is 5.32 Å². The third kappa shape index (κ3) is 4.03. The van der Waals surface area contributed by atoms with Gasteiger partial charge in [0.1, 0.15) is 17.2 Å². The SMILES string of the molecule is Cc1ccc(C(C)C)c(Oc2ccc(N=C3C(=O)Nc4c(C)cc(Br)cc43)cc2)c1. The van der Waals surface area contributed by atoms with E-state index in [9.17, 15) is 4.79 Å². The van der Waals surface area contributed by atoms with Gasteiger partial charge in [-0.1, -0.05) is 41.9 Å². The summed E-state index contributed by atoms with van der Waals surface area (Å²) in [5, 5.41) is 2.91. The van der Waals surface area contributed by atoms with E-state index in [1.807, 2.05) is 43.3 Å². The van der Waals surface area contributed by atoms with Crippen LogP contribution in [0.5, 0.6) is 11.5 Å². The fraction of sp³-hybridized carbons (Fsp3) is 0.200. The van der Waals surface area contributed by atoms with Crippen LogP contribution in [0.2, 0.25) is 0 Å². The molecule has 4 nitrogen and oxygen atoms in total. The molecule has 0 spiro atoms. The number of hydrogen-bond donors (Lipinski definition) is 1. The number of carbonyl (C=O) groups is 1. The van der Waals surface area contributed by atoms with E-state index in [2.05, 4.69) is 65.2 Å². The minimum atomic E-state index is -0.187. The van der Waals surface area contributed by atoms with Gasteiger partial charge in [0, 0.05) is 10.0 Å². The average molecular weight is 463 g/mol. The zero-order chi connectivity index (χ0) is 21.4. The van der Waals surface area contributed by atoms with Crippen molar-refractivity contribution in [2.45, 2.75) is 33.6 Å². The second-order valence-corrected chi connectivity index (χ2v) is 8.77. The Kier molecular flexibility index (Phi) is 5.48. The maximum atomic E-state index is 12.5. The minimum Gasteiger partial charge on any atom is -0.457 e. The number of aliphatic imine (C=N–C) groups is 1. The molecular weight excluding hydrogens is 440 g/mol. The number of anilines is 1. The van der Waals surface area contributed by atoms with Crippen molar-refractivity contribution in [2.24, 2.45) is 4.99 Å². The van der Waals surface area contributed by atoms with Gasteiger partial charge in [-0.15, -0.1) is 0 Å². The van der Waals surface area contributed by atoms with Crippen LogP contribution in [-0.2, 0) is 4.79 Å². The second-order valence-electron chi connectivity index (χ2n) is 7.85. The summed E-state index contributed by atoms with van der Waals surface area (Å²) in [5.41, 5.74) is 6.09. The van der Waals surface area contributed by atoms with Crippen LogP contribution in [0.3, 0.4) is 0 Å². The third-order valence-corrected chi connectivity index (χ3v) is 5.56. The highest BCUT2D eigenvalue weighted by atomic mass is 79.9. The molecule has 1 aliphatic heterocycles. The largest absolute Gasteiger partial charge is 0.457 e. The summed E-state index contributed by atoms with van der Waals surface area (Å²) in [4.78, 5) is 17.1. The number of nitrogens with zero attached hydrogens (tertiary/aromatic N) is 1. The number of rotatable bonds is 4. The van der Waals surface area contributed by atoms with Crippen molar-refractivity contribution < 1.29 is 9.53 Å². The third-order valence-electron chi connectivity index (χ3n) is 5.11. The Hall–Kier alpha value is -2.92. The van der Waals surface area contributed by atoms with Gasteiger partial charge in [-0.05, 0) is 78.9 Å². The fourth-order valence-electron chi connectivity index (χ4n) is 3.55. The molecule has 5 heteroatoms. The van der Waals surface area contributed by atoms with Crippen molar-refractivity contribution in [3.05, 3.63) is 81.3 Å². The van der Waals surface area contributed by atoms with Crippen LogP contribution in [0, 0.1) is 13.8 Å². The van der Waals surface area contributed by atoms with Crippen LogP contribution in [0.1, 0.15) is 42.0 Å². The lowest BCUT2D eigenvalue weighted by molar-refractivity contribution is -0.110. The Labute approximate surface area is 185 Å². The molecule has 0 saturated heterocycles. The second kappa shape index (κ2) is 8.07. The van der Waals surface area contributed by atoms with Crippen molar-refractivity contribution >= 4 is 38.9 Å². The maximum Gasteiger partial charge on any atom is 0.275 e. The summed E-state index contributed by atoms with van der Waals surface area (Å²) < 4.78 is 7.07.